The van der Waals surface area contributed by atoms with E-state index in [2.05, 4.69) is 15.6 Å². The fourth-order valence-corrected chi connectivity index (χ4v) is 3.45. The lowest BCUT2D eigenvalue weighted by Crippen LogP contribution is -2.67. The first-order valence-electron chi connectivity index (χ1n) is 7.74. The normalized spacial score (nSPS) is 28.2. The Labute approximate surface area is 118 Å². The Hall–Kier alpha value is -1.36. The van der Waals surface area contributed by atoms with Crippen molar-refractivity contribution in [1.82, 2.24) is 15.6 Å². The van der Waals surface area contributed by atoms with E-state index in [9.17, 15) is 4.79 Å². The second-order valence-corrected chi connectivity index (χ2v) is 6.47. The summed E-state index contributed by atoms with van der Waals surface area (Å²) < 4.78 is 5.78. The predicted octanol–water partition coefficient (Wildman–Crippen LogP) is 1.84. The second-order valence-electron chi connectivity index (χ2n) is 6.47. The minimum Gasteiger partial charge on any atom is -0.444 e. The molecule has 2 aliphatic carbocycles. The molecule has 1 aromatic heterocycles. The van der Waals surface area contributed by atoms with Crippen LogP contribution in [0.3, 0.4) is 0 Å². The van der Waals surface area contributed by atoms with Gasteiger partial charge in [0, 0.05) is 18.4 Å². The number of aromatic nitrogens is 1. The van der Waals surface area contributed by atoms with Gasteiger partial charge < -0.3 is 15.1 Å². The Morgan fingerprint density at radius 2 is 2.25 bits per heavy atom. The molecule has 1 saturated heterocycles. The van der Waals surface area contributed by atoms with Crippen LogP contribution in [0, 0.1) is 0 Å². The quantitative estimate of drug-likeness (QED) is 0.880. The number of carbonyl (C=O) groups excluding carboxylic acids is 1. The number of carbonyl (C=O) groups is 1. The molecule has 3 aliphatic rings. The van der Waals surface area contributed by atoms with Gasteiger partial charge in [-0.15, -0.1) is 0 Å². The van der Waals surface area contributed by atoms with Gasteiger partial charge in [0.1, 0.15) is 5.76 Å². The number of hydrogen-bond donors (Lipinski definition) is 2. The van der Waals surface area contributed by atoms with Crippen molar-refractivity contribution in [2.45, 2.75) is 69.0 Å². The molecule has 1 aromatic rings. The zero-order valence-corrected chi connectivity index (χ0v) is 11.7. The van der Waals surface area contributed by atoms with Gasteiger partial charge in [-0.05, 0) is 38.5 Å². The Morgan fingerprint density at radius 3 is 2.95 bits per heavy atom. The number of nitrogens with zero attached hydrogens (tertiary/aromatic N) is 1. The Morgan fingerprint density at radius 1 is 1.40 bits per heavy atom. The average Bonchev–Trinajstić information content (AvgIpc) is 3.15. The van der Waals surface area contributed by atoms with Gasteiger partial charge in [-0.2, -0.15) is 0 Å². The van der Waals surface area contributed by atoms with E-state index >= 15 is 0 Å². The van der Waals surface area contributed by atoms with Crippen LogP contribution in [0.4, 0.5) is 0 Å². The van der Waals surface area contributed by atoms with Crippen molar-refractivity contribution >= 4 is 5.91 Å². The van der Waals surface area contributed by atoms with Crippen molar-refractivity contribution < 1.29 is 9.21 Å². The van der Waals surface area contributed by atoms with Crippen LogP contribution in [-0.4, -0.2) is 22.5 Å². The highest BCUT2D eigenvalue weighted by Gasteiger charge is 2.47. The average molecular weight is 275 g/mol. The molecule has 2 heterocycles. The second kappa shape index (κ2) is 4.58. The van der Waals surface area contributed by atoms with Crippen LogP contribution < -0.4 is 10.6 Å². The fourth-order valence-electron chi connectivity index (χ4n) is 3.45. The number of amides is 1. The fraction of sp³-hybridized carbons (Fsp3) is 0.733. The number of oxazole rings is 1. The zero-order valence-electron chi connectivity index (χ0n) is 11.7. The monoisotopic (exact) mass is 275 g/mol. The standard InChI is InChI=1S/C15H21N3O2/c19-13-5-4-12(15(18-13)6-1-7-15)16-8-11-9-17-14(20-11)10-2-3-10/h9-10,12,16H,1-8H2,(H,18,19). The van der Waals surface area contributed by atoms with Crippen LogP contribution in [0.2, 0.25) is 0 Å². The largest absolute Gasteiger partial charge is 0.444 e. The van der Waals surface area contributed by atoms with E-state index in [0.717, 1.165) is 30.9 Å². The third kappa shape index (κ3) is 2.14. The van der Waals surface area contributed by atoms with Gasteiger partial charge in [0.05, 0.1) is 18.3 Å². The first kappa shape index (κ1) is 12.4. The number of piperidine rings is 1. The molecule has 0 bridgehead atoms. The third-order valence-corrected chi connectivity index (χ3v) is 4.98. The summed E-state index contributed by atoms with van der Waals surface area (Å²) >= 11 is 0. The maximum atomic E-state index is 11.6. The molecule has 2 N–H and O–H groups in total. The smallest absolute Gasteiger partial charge is 0.220 e. The highest BCUT2D eigenvalue weighted by Crippen LogP contribution is 2.40. The van der Waals surface area contributed by atoms with Crippen molar-refractivity contribution in [3.8, 4) is 0 Å². The van der Waals surface area contributed by atoms with Gasteiger partial charge in [0.25, 0.3) is 0 Å². The lowest BCUT2D eigenvalue weighted by Gasteiger charge is -2.51. The SMILES string of the molecule is O=C1CCC(NCc2cnc(C3CC3)o2)C2(CCC2)N1. The summed E-state index contributed by atoms with van der Waals surface area (Å²) in [6, 6.07) is 0.364. The maximum absolute atomic E-state index is 11.6. The van der Waals surface area contributed by atoms with E-state index in [0.29, 0.717) is 24.9 Å². The molecule has 20 heavy (non-hydrogen) atoms. The Balaban J connectivity index is 1.38. The first-order chi connectivity index (χ1) is 9.75. The molecule has 1 unspecified atom stereocenters. The molecule has 5 nitrogen and oxygen atoms in total. The first-order valence-corrected chi connectivity index (χ1v) is 7.74. The molecule has 1 spiro atoms. The van der Waals surface area contributed by atoms with Crippen LogP contribution >= 0.6 is 0 Å². The van der Waals surface area contributed by atoms with Gasteiger partial charge in [-0.3, -0.25) is 4.79 Å². The van der Waals surface area contributed by atoms with Gasteiger partial charge in [0.15, 0.2) is 5.89 Å². The minimum atomic E-state index is 0.00861. The van der Waals surface area contributed by atoms with Crippen molar-refractivity contribution in [2.24, 2.45) is 0 Å². The van der Waals surface area contributed by atoms with E-state index < -0.39 is 0 Å². The predicted molar refractivity (Wildman–Crippen MR) is 73.1 cm³/mol. The Kier molecular flexibility index (Phi) is 2.84. The van der Waals surface area contributed by atoms with Crippen molar-refractivity contribution in [1.29, 1.82) is 0 Å². The highest BCUT2D eigenvalue weighted by atomic mass is 16.4. The van der Waals surface area contributed by atoms with Crippen molar-refractivity contribution in [3.05, 3.63) is 17.8 Å². The number of rotatable bonds is 4. The van der Waals surface area contributed by atoms with Gasteiger partial charge in [0.2, 0.25) is 5.91 Å². The molecule has 5 heteroatoms. The van der Waals surface area contributed by atoms with Crippen LogP contribution in [0.15, 0.2) is 10.6 Å². The maximum Gasteiger partial charge on any atom is 0.220 e. The van der Waals surface area contributed by atoms with Gasteiger partial charge in [-0.25, -0.2) is 4.98 Å². The number of hydrogen-bond acceptors (Lipinski definition) is 4. The van der Waals surface area contributed by atoms with Gasteiger partial charge in [-0.1, -0.05) is 0 Å². The molecule has 2 saturated carbocycles. The molecular weight excluding hydrogens is 254 g/mol. The van der Waals surface area contributed by atoms with Gasteiger partial charge >= 0.3 is 0 Å². The molecule has 0 aromatic carbocycles. The molecule has 1 aliphatic heterocycles. The molecule has 0 radical (unpaired) electrons. The third-order valence-electron chi connectivity index (χ3n) is 4.98. The summed E-state index contributed by atoms with van der Waals surface area (Å²) in [6.07, 6.45) is 9.23. The summed E-state index contributed by atoms with van der Waals surface area (Å²) in [5.74, 6) is 2.59. The molecule has 108 valence electrons. The molecule has 3 fully saturated rings. The topological polar surface area (TPSA) is 67.2 Å². The lowest BCUT2D eigenvalue weighted by molar-refractivity contribution is -0.128. The molecule has 1 atom stereocenters. The molecule has 4 rings (SSSR count). The van der Waals surface area contributed by atoms with E-state index in [1.54, 1.807) is 0 Å². The molecule has 1 amide bonds. The van der Waals surface area contributed by atoms with Crippen LogP contribution in [0.25, 0.3) is 0 Å². The van der Waals surface area contributed by atoms with Crippen molar-refractivity contribution in [3.63, 3.8) is 0 Å². The summed E-state index contributed by atoms with van der Waals surface area (Å²) in [6.45, 7) is 0.710. The summed E-state index contributed by atoms with van der Waals surface area (Å²) in [4.78, 5) is 16.0. The minimum absolute atomic E-state index is 0.00861. The molecular formula is C15H21N3O2. The lowest BCUT2D eigenvalue weighted by atomic mass is 9.68. The van der Waals surface area contributed by atoms with Crippen LogP contribution in [0.5, 0.6) is 0 Å². The van der Waals surface area contributed by atoms with E-state index in [-0.39, 0.29) is 11.4 Å². The van der Waals surface area contributed by atoms with E-state index in [4.69, 9.17) is 4.42 Å². The highest BCUT2D eigenvalue weighted by molar-refractivity contribution is 5.78. The van der Waals surface area contributed by atoms with E-state index in [1.807, 2.05) is 6.20 Å². The number of nitrogens with one attached hydrogen (secondary N) is 2. The van der Waals surface area contributed by atoms with Crippen molar-refractivity contribution in [2.75, 3.05) is 0 Å². The van der Waals surface area contributed by atoms with E-state index in [1.165, 1.54) is 19.3 Å². The zero-order chi connectivity index (χ0) is 13.6. The summed E-state index contributed by atoms with van der Waals surface area (Å²) in [5, 5.41) is 6.78. The Bertz CT molecular complexity index is 517. The van der Waals surface area contributed by atoms with Crippen LogP contribution in [0.1, 0.15) is 62.5 Å². The summed E-state index contributed by atoms with van der Waals surface area (Å²) in [5.41, 5.74) is 0.00861. The van der Waals surface area contributed by atoms with Crippen LogP contribution in [-0.2, 0) is 11.3 Å². The summed E-state index contributed by atoms with van der Waals surface area (Å²) in [7, 11) is 0.